The molecule has 0 aromatic carbocycles. The summed E-state index contributed by atoms with van der Waals surface area (Å²) in [6, 6.07) is 0.657. The molecule has 0 saturated heterocycles. The van der Waals surface area contributed by atoms with Gasteiger partial charge in [-0.1, -0.05) is 6.42 Å². The molecular weight excluding hydrogens is 347 g/mol. The van der Waals surface area contributed by atoms with Crippen molar-refractivity contribution < 1.29 is 4.79 Å². The molecule has 3 N–H and O–H groups in total. The number of aromatic nitrogens is 2. The molecule has 2 fully saturated rings. The number of amides is 1. The van der Waals surface area contributed by atoms with Crippen LogP contribution in [-0.4, -0.2) is 27.8 Å². The van der Waals surface area contributed by atoms with Gasteiger partial charge in [-0.3, -0.25) is 9.48 Å². The topological polar surface area (TPSA) is 72.9 Å². The Hall–Kier alpha value is -0.780. The molecule has 1 aromatic heterocycles. The van der Waals surface area contributed by atoms with Crippen molar-refractivity contribution in [3.63, 3.8) is 0 Å². The van der Waals surface area contributed by atoms with Gasteiger partial charge in [0.1, 0.15) is 0 Å². The summed E-state index contributed by atoms with van der Waals surface area (Å²) >= 11 is 0. The molecule has 1 heterocycles. The Morgan fingerprint density at radius 3 is 2.33 bits per heavy atom. The average molecular weight is 377 g/mol. The van der Waals surface area contributed by atoms with Gasteiger partial charge in [0.25, 0.3) is 0 Å². The third kappa shape index (κ3) is 4.24. The zero-order valence-corrected chi connectivity index (χ0v) is 16.4. The molecule has 3 rings (SSSR count). The van der Waals surface area contributed by atoms with E-state index in [0.29, 0.717) is 30.3 Å². The van der Waals surface area contributed by atoms with Crippen molar-refractivity contribution in [2.75, 3.05) is 0 Å². The quantitative estimate of drug-likeness (QED) is 0.850. The van der Waals surface area contributed by atoms with Crippen LogP contribution in [0, 0.1) is 25.7 Å². The second-order valence-electron chi connectivity index (χ2n) is 7.23. The normalized spacial score (nSPS) is 28.5. The predicted octanol–water partition coefficient (Wildman–Crippen LogP) is 2.45. The summed E-state index contributed by atoms with van der Waals surface area (Å²) in [6.45, 7) is 4.00. The number of rotatable bonds is 3. The first-order valence-electron chi connectivity index (χ1n) is 8.49. The number of carbonyl (C=O) groups excluding carboxylic acids is 1. The van der Waals surface area contributed by atoms with Crippen LogP contribution in [0.5, 0.6) is 0 Å². The molecule has 0 spiro atoms. The van der Waals surface area contributed by atoms with E-state index in [2.05, 4.69) is 10.4 Å². The maximum absolute atomic E-state index is 12.5. The monoisotopic (exact) mass is 376 g/mol. The highest BCUT2D eigenvalue weighted by atomic mass is 35.5. The van der Waals surface area contributed by atoms with Gasteiger partial charge in [-0.25, -0.2) is 0 Å². The Labute approximate surface area is 156 Å². The second-order valence-corrected chi connectivity index (χ2v) is 7.23. The van der Waals surface area contributed by atoms with E-state index >= 15 is 0 Å². The fourth-order valence-electron chi connectivity index (χ4n) is 4.50. The lowest BCUT2D eigenvalue weighted by atomic mass is 9.67. The molecule has 2 bridgehead atoms. The molecule has 2 aliphatic carbocycles. The van der Waals surface area contributed by atoms with Gasteiger partial charge in [0, 0.05) is 30.4 Å². The Morgan fingerprint density at radius 2 is 1.83 bits per heavy atom. The number of fused-ring (bicyclic) bond motifs is 2. The first-order valence-corrected chi connectivity index (χ1v) is 8.49. The van der Waals surface area contributed by atoms with Gasteiger partial charge in [-0.2, -0.15) is 5.10 Å². The summed E-state index contributed by atoms with van der Waals surface area (Å²) in [5, 5.41) is 7.72. The van der Waals surface area contributed by atoms with Gasteiger partial charge in [0.15, 0.2) is 0 Å². The van der Waals surface area contributed by atoms with E-state index in [1.54, 1.807) is 0 Å². The maximum Gasteiger partial charge on any atom is 0.224 e. The number of aryl methyl sites for hydroxylation is 2. The predicted molar refractivity (Wildman–Crippen MR) is 101 cm³/mol. The lowest BCUT2D eigenvalue weighted by Gasteiger charge is -2.45. The van der Waals surface area contributed by atoms with Crippen LogP contribution in [0.4, 0.5) is 0 Å². The number of nitrogens with zero attached hydrogens (tertiary/aromatic N) is 2. The fraction of sp³-hybridized carbons (Fsp3) is 0.765. The number of hydrogen-bond donors (Lipinski definition) is 2. The summed E-state index contributed by atoms with van der Waals surface area (Å²) in [4.78, 5) is 12.5. The Morgan fingerprint density at radius 1 is 1.25 bits per heavy atom. The van der Waals surface area contributed by atoms with Crippen LogP contribution >= 0.6 is 24.8 Å². The first-order chi connectivity index (χ1) is 10.5. The van der Waals surface area contributed by atoms with Gasteiger partial charge in [-0.05, 0) is 51.4 Å². The van der Waals surface area contributed by atoms with Gasteiger partial charge in [0.2, 0.25) is 5.91 Å². The van der Waals surface area contributed by atoms with Gasteiger partial charge in [-0.15, -0.1) is 24.8 Å². The standard InChI is InChI=1S/C17H28N4O.2ClH/c1-10-15(11(2)21(3)20-10)9-16(22)19-17-12-5-4-6-13(17)8-14(18)7-12;;/h12-14,17H,4-9,18H2,1-3H3,(H,19,22);2*1H. The van der Waals surface area contributed by atoms with Crippen molar-refractivity contribution in [1.29, 1.82) is 0 Å². The molecule has 5 nitrogen and oxygen atoms in total. The number of halogens is 2. The maximum atomic E-state index is 12.5. The molecule has 24 heavy (non-hydrogen) atoms. The third-order valence-electron chi connectivity index (χ3n) is 5.70. The van der Waals surface area contributed by atoms with E-state index < -0.39 is 0 Å². The zero-order valence-electron chi connectivity index (χ0n) is 14.7. The smallest absolute Gasteiger partial charge is 0.224 e. The first kappa shape index (κ1) is 21.3. The van der Waals surface area contributed by atoms with Crippen LogP contribution < -0.4 is 11.1 Å². The molecule has 1 amide bonds. The van der Waals surface area contributed by atoms with Gasteiger partial charge in [0.05, 0.1) is 12.1 Å². The van der Waals surface area contributed by atoms with Gasteiger partial charge < -0.3 is 11.1 Å². The molecule has 1 aromatic rings. The zero-order chi connectivity index (χ0) is 15.9. The summed E-state index contributed by atoms with van der Waals surface area (Å²) in [5.41, 5.74) is 9.27. The largest absolute Gasteiger partial charge is 0.353 e. The highest BCUT2D eigenvalue weighted by molar-refractivity contribution is 5.85. The van der Waals surface area contributed by atoms with Crippen molar-refractivity contribution in [3.05, 3.63) is 17.0 Å². The van der Waals surface area contributed by atoms with Crippen molar-refractivity contribution in [2.45, 2.75) is 64.5 Å². The molecular formula is C17H30Cl2N4O. The van der Waals surface area contributed by atoms with E-state index in [9.17, 15) is 4.79 Å². The molecule has 0 aliphatic heterocycles. The van der Waals surface area contributed by atoms with E-state index in [4.69, 9.17) is 5.73 Å². The highest BCUT2D eigenvalue weighted by Crippen LogP contribution is 2.39. The van der Waals surface area contributed by atoms with Crippen LogP contribution in [0.3, 0.4) is 0 Å². The van der Waals surface area contributed by atoms with Gasteiger partial charge >= 0.3 is 0 Å². The number of hydrogen-bond acceptors (Lipinski definition) is 3. The van der Waals surface area contributed by atoms with Crippen molar-refractivity contribution >= 4 is 30.7 Å². The minimum atomic E-state index is 0. The third-order valence-corrected chi connectivity index (χ3v) is 5.70. The Bertz CT molecular complexity index is 561. The summed E-state index contributed by atoms with van der Waals surface area (Å²) in [5.74, 6) is 1.28. The van der Waals surface area contributed by atoms with Crippen LogP contribution in [0.15, 0.2) is 0 Å². The van der Waals surface area contributed by atoms with E-state index in [1.807, 2.05) is 25.6 Å². The minimum Gasteiger partial charge on any atom is -0.353 e. The van der Waals surface area contributed by atoms with Crippen molar-refractivity contribution in [3.8, 4) is 0 Å². The van der Waals surface area contributed by atoms with E-state index in [1.165, 1.54) is 19.3 Å². The Balaban J connectivity index is 0.00000144. The molecule has 2 atom stereocenters. The number of nitrogens with two attached hydrogens (primary N) is 1. The SMILES string of the molecule is Cc1nn(C)c(C)c1CC(=O)NC1C2CCCC1CC(N)C2.Cl.Cl. The summed E-state index contributed by atoms with van der Waals surface area (Å²) in [6.07, 6.45) is 6.27. The Kier molecular flexibility index (Phi) is 7.57. The molecule has 2 saturated carbocycles. The molecule has 0 radical (unpaired) electrons. The minimum absolute atomic E-state index is 0. The lowest BCUT2D eigenvalue weighted by molar-refractivity contribution is -0.122. The fourth-order valence-corrected chi connectivity index (χ4v) is 4.50. The second kappa shape index (κ2) is 8.54. The van der Waals surface area contributed by atoms with Crippen molar-refractivity contribution in [1.82, 2.24) is 15.1 Å². The molecule has 2 unspecified atom stereocenters. The lowest BCUT2D eigenvalue weighted by Crippen LogP contribution is -2.54. The van der Waals surface area contributed by atoms with Crippen LogP contribution in [0.2, 0.25) is 0 Å². The van der Waals surface area contributed by atoms with Crippen LogP contribution in [0.1, 0.15) is 49.1 Å². The number of carbonyl (C=O) groups is 1. The van der Waals surface area contributed by atoms with Crippen LogP contribution in [0.25, 0.3) is 0 Å². The molecule has 7 heteroatoms. The number of nitrogens with one attached hydrogen (secondary N) is 1. The highest BCUT2D eigenvalue weighted by Gasteiger charge is 2.39. The average Bonchev–Trinajstić information content (AvgIpc) is 2.66. The summed E-state index contributed by atoms with van der Waals surface area (Å²) in [7, 11) is 1.93. The molecule has 2 aliphatic rings. The van der Waals surface area contributed by atoms with Crippen molar-refractivity contribution in [2.24, 2.45) is 24.6 Å². The summed E-state index contributed by atoms with van der Waals surface area (Å²) < 4.78 is 1.85. The van der Waals surface area contributed by atoms with E-state index in [-0.39, 0.29) is 30.7 Å². The molecule has 138 valence electrons. The van der Waals surface area contributed by atoms with Crippen LogP contribution in [-0.2, 0) is 18.3 Å². The van der Waals surface area contributed by atoms with E-state index in [0.717, 1.165) is 29.8 Å².